The average Bonchev–Trinajstić information content (AvgIpc) is 3.06. The maximum Gasteiger partial charge on any atom is 0.169 e. The van der Waals surface area contributed by atoms with Crippen LogP contribution in [0.15, 0.2) is 54.9 Å². The van der Waals surface area contributed by atoms with E-state index in [4.69, 9.17) is 5.73 Å². The number of benzene rings is 1. The van der Waals surface area contributed by atoms with Crippen LogP contribution in [-0.4, -0.2) is 52.6 Å². The lowest BCUT2D eigenvalue weighted by Gasteiger charge is -2.43. The number of alkyl halides is 1. The number of hydrogen-bond acceptors (Lipinski definition) is 7. The third kappa shape index (κ3) is 3.60. The summed E-state index contributed by atoms with van der Waals surface area (Å²) in [5.74, 6) is 0.617. The van der Waals surface area contributed by atoms with Gasteiger partial charge < -0.3 is 20.6 Å². The van der Waals surface area contributed by atoms with Gasteiger partial charge in [-0.15, -0.1) is 10.2 Å². The van der Waals surface area contributed by atoms with Crippen molar-refractivity contribution in [1.82, 2.24) is 15.2 Å². The molecule has 2 atom stereocenters. The molecule has 7 nitrogen and oxygen atoms in total. The predicted octanol–water partition coefficient (Wildman–Crippen LogP) is 3.27. The SMILES string of the molecule is CF.Nc1nnc(-c2ccccc2O)cc1N1CC2CCC(C1)N2c1ccncc1. The van der Waals surface area contributed by atoms with Crippen LogP contribution in [0.25, 0.3) is 11.3 Å². The molecule has 5 rings (SSSR count). The van der Waals surface area contributed by atoms with E-state index in [0.717, 1.165) is 31.6 Å². The molecule has 1 aromatic carbocycles. The lowest BCUT2D eigenvalue weighted by molar-refractivity contribution is 0.477. The Kier molecular flexibility index (Phi) is 5.65. The van der Waals surface area contributed by atoms with Gasteiger partial charge in [-0.1, -0.05) is 12.1 Å². The number of aromatic nitrogens is 3. The number of hydrogen-bond donors (Lipinski definition) is 2. The van der Waals surface area contributed by atoms with Crippen molar-refractivity contribution in [2.24, 2.45) is 0 Å². The number of fused-ring (bicyclic) bond motifs is 2. The predicted molar refractivity (Wildman–Crippen MR) is 116 cm³/mol. The summed E-state index contributed by atoms with van der Waals surface area (Å²) in [5.41, 5.74) is 9.61. The minimum Gasteiger partial charge on any atom is -0.507 e. The van der Waals surface area contributed by atoms with E-state index >= 15 is 0 Å². The molecule has 0 saturated carbocycles. The number of nitrogens with two attached hydrogens (primary N) is 1. The molecular weight excluding hydrogens is 383 g/mol. The van der Waals surface area contributed by atoms with Gasteiger partial charge in [-0.2, -0.15) is 0 Å². The van der Waals surface area contributed by atoms with E-state index in [1.807, 2.05) is 30.6 Å². The van der Waals surface area contributed by atoms with Gasteiger partial charge in [0.15, 0.2) is 5.82 Å². The molecule has 0 radical (unpaired) electrons. The first-order valence-electron chi connectivity index (χ1n) is 9.93. The van der Waals surface area contributed by atoms with Crippen LogP contribution in [0.4, 0.5) is 21.6 Å². The highest BCUT2D eigenvalue weighted by atomic mass is 19.1. The summed E-state index contributed by atoms with van der Waals surface area (Å²) in [4.78, 5) is 8.97. The third-order valence-electron chi connectivity index (χ3n) is 5.77. The topological polar surface area (TPSA) is 91.4 Å². The summed E-state index contributed by atoms with van der Waals surface area (Å²) in [6, 6.07) is 14.1. The fraction of sp³-hybridized carbons (Fsp3) is 0.318. The van der Waals surface area contributed by atoms with Crippen molar-refractivity contribution in [2.45, 2.75) is 24.9 Å². The molecule has 4 heterocycles. The van der Waals surface area contributed by atoms with E-state index in [1.54, 1.807) is 12.1 Å². The van der Waals surface area contributed by atoms with Crippen LogP contribution >= 0.6 is 0 Å². The standard InChI is InChI=1S/C21H22N6O.CH3F/c22-21-19(11-18(24-25-21)17-3-1-2-4-20(17)28)26-12-15-5-6-16(13-26)27(15)14-7-9-23-10-8-14;1-2/h1-4,7-11,15-16,28H,5-6,12-13H2,(H2,22,25);1H3. The van der Waals surface area contributed by atoms with Crippen molar-refractivity contribution in [3.63, 3.8) is 0 Å². The summed E-state index contributed by atoms with van der Waals surface area (Å²) in [7, 11) is 0.500. The van der Waals surface area contributed by atoms with Crippen molar-refractivity contribution in [2.75, 3.05) is 35.8 Å². The molecule has 30 heavy (non-hydrogen) atoms. The molecule has 3 aromatic rings. The Hall–Kier alpha value is -3.42. The van der Waals surface area contributed by atoms with E-state index in [0.29, 0.717) is 36.3 Å². The van der Waals surface area contributed by atoms with E-state index in [9.17, 15) is 9.50 Å². The molecule has 3 N–H and O–H groups in total. The second kappa shape index (κ2) is 8.52. The van der Waals surface area contributed by atoms with Gasteiger partial charge in [0, 0.05) is 48.8 Å². The van der Waals surface area contributed by atoms with Crippen LogP contribution in [-0.2, 0) is 0 Å². The van der Waals surface area contributed by atoms with E-state index in [2.05, 4.69) is 37.1 Å². The first-order chi connectivity index (χ1) is 14.7. The Balaban J connectivity index is 0.00000106. The van der Waals surface area contributed by atoms with Crippen LogP contribution in [0.2, 0.25) is 0 Å². The van der Waals surface area contributed by atoms with Crippen LogP contribution < -0.4 is 15.5 Å². The number of halogens is 1. The number of nitrogens with zero attached hydrogens (tertiary/aromatic N) is 5. The molecule has 2 unspecified atom stereocenters. The fourth-order valence-corrected chi connectivity index (χ4v) is 4.50. The van der Waals surface area contributed by atoms with Gasteiger partial charge in [-0.05, 0) is 43.2 Å². The summed E-state index contributed by atoms with van der Waals surface area (Å²) in [6.07, 6.45) is 6.03. The largest absolute Gasteiger partial charge is 0.507 e. The van der Waals surface area contributed by atoms with E-state index in [1.165, 1.54) is 5.69 Å². The van der Waals surface area contributed by atoms with Gasteiger partial charge in [0.25, 0.3) is 0 Å². The maximum absolute atomic E-state index is 10.2. The molecule has 0 spiro atoms. The van der Waals surface area contributed by atoms with Crippen LogP contribution in [0, 0.1) is 0 Å². The number of pyridine rings is 1. The lowest BCUT2D eigenvalue weighted by Crippen LogP contribution is -2.54. The molecule has 0 aliphatic carbocycles. The summed E-state index contributed by atoms with van der Waals surface area (Å²) in [6.45, 7) is 1.77. The number of phenols is 1. The van der Waals surface area contributed by atoms with Gasteiger partial charge in [0.1, 0.15) is 5.75 Å². The van der Waals surface area contributed by atoms with Crippen molar-refractivity contribution < 1.29 is 9.50 Å². The maximum atomic E-state index is 10.2. The molecule has 2 aliphatic rings. The van der Waals surface area contributed by atoms with Crippen molar-refractivity contribution in [3.05, 3.63) is 54.9 Å². The number of anilines is 3. The highest BCUT2D eigenvalue weighted by molar-refractivity contribution is 5.74. The molecule has 2 fully saturated rings. The second-order valence-electron chi connectivity index (χ2n) is 7.42. The molecule has 2 aliphatic heterocycles. The first-order valence-corrected chi connectivity index (χ1v) is 9.93. The van der Waals surface area contributed by atoms with E-state index in [-0.39, 0.29) is 5.75 Å². The Labute approximate surface area is 175 Å². The molecular formula is C22H25FN6O. The molecule has 2 aromatic heterocycles. The van der Waals surface area contributed by atoms with Crippen LogP contribution in [0.3, 0.4) is 0 Å². The third-order valence-corrected chi connectivity index (χ3v) is 5.77. The van der Waals surface area contributed by atoms with Crippen molar-refractivity contribution >= 4 is 17.2 Å². The van der Waals surface area contributed by atoms with E-state index < -0.39 is 0 Å². The molecule has 156 valence electrons. The quantitative estimate of drug-likeness (QED) is 0.687. The number of rotatable bonds is 3. The number of phenolic OH excluding ortho intramolecular Hbond substituents is 1. The summed E-state index contributed by atoms with van der Waals surface area (Å²) in [5, 5.41) is 18.5. The zero-order valence-corrected chi connectivity index (χ0v) is 16.8. The molecule has 8 heteroatoms. The van der Waals surface area contributed by atoms with Crippen LogP contribution in [0.5, 0.6) is 5.75 Å². The zero-order valence-electron chi connectivity index (χ0n) is 16.8. The number of piperazine rings is 1. The van der Waals surface area contributed by atoms with Gasteiger partial charge in [-0.3, -0.25) is 9.37 Å². The van der Waals surface area contributed by atoms with Crippen LogP contribution in [0.1, 0.15) is 12.8 Å². The summed E-state index contributed by atoms with van der Waals surface area (Å²) >= 11 is 0. The lowest BCUT2D eigenvalue weighted by atomic mass is 10.1. The average molecular weight is 408 g/mol. The second-order valence-corrected chi connectivity index (χ2v) is 7.42. The highest BCUT2D eigenvalue weighted by Crippen LogP contribution is 2.38. The number of aromatic hydroxyl groups is 1. The summed E-state index contributed by atoms with van der Waals surface area (Å²) < 4.78 is 9.50. The minimum atomic E-state index is 0.190. The van der Waals surface area contributed by atoms with Gasteiger partial charge in [-0.25, -0.2) is 0 Å². The Morgan fingerprint density at radius 1 is 1.00 bits per heavy atom. The highest BCUT2D eigenvalue weighted by Gasteiger charge is 2.40. The number of nitrogen functional groups attached to an aromatic ring is 1. The Morgan fingerprint density at radius 2 is 1.67 bits per heavy atom. The fourth-order valence-electron chi connectivity index (χ4n) is 4.50. The smallest absolute Gasteiger partial charge is 0.169 e. The van der Waals surface area contributed by atoms with Gasteiger partial charge in [0.05, 0.1) is 18.6 Å². The zero-order chi connectivity index (χ0) is 21.1. The van der Waals surface area contributed by atoms with Crippen molar-refractivity contribution in [3.8, 4) is 17.0 Å². The number of para-hydroxylation sites is 1. The van der Waals surface area contributed by atoms with Gasteiger partial charge >= 0.3 is 0 Å². The first kappa shape index (κ1) is 19.9. The minimum absolute atomic E-state index is 0.190. The normalized spacial score (nSPS) is 19.9. The molecule has 2 bridgehead atoms. The van der Waals surface area contributed by atoms with Crippen molar-refractivity contribution in [1.29, 1.82) is 0 Å². The monoisotopic (exact) mass is 408 g/mol. The molecule has 2 saturated heterocycles. The Bertz CT molecular complexity index is 988. The Morgan fingerprint density at radius 3 is 2.33 bits per heavy atom. The molecule has 0 amide bonds. The van der Waals surface area contributed by atoms with Gasteiger partial charge in [0.2, 0.25) is 0 Å².